The van der Waals surface area contributed by atoms with Gasteiger partial charge in [-0.1, -0.05) is 0 Å². The zero-order valence-corrected chi connectivity index (χ0v) is 5.11. The van der Waals surface area contributed by atoms with Gasteiger partial charge < -0.3 is 16.6 Å². The molecule has 2 amide bonds. The first-order valence-corrected chi connectivity index (χ1v) is 2.18. The summed E-state index contributed by atoms with van der Waals surface area (Å²) in [5.41, 5.74) is 8.50. The van der Waals surface area contributed by atoms with E-state index in [4.69, 9.17) is 9.90 Å². The molecule has 0 aromatic carbocycles. The summed E-state index contributed by atoms with van der Waals surface area (Å²) in [5, 5.41) is 7.75. The van der Waals surface area contributed by atoms with Crippen LogP contribution in [0.25, 0.3) is 0 Å². The predicted octanol–water partition coefficient (Wildman–Crippen LogP) is -2.23. The molecule has 0 aromatic rings. The molecule has 10 heavy (non-hydrogen) atoms. The number of carbonyl (C=O) groups is 3. The molecule has 0 unspecified atom stereocenters. The molecule has 0 fully saturated rings. The number of aliphatic hydroxyl groups is 1. The van der Waals surface area contributed by atoms with Crippen LogP contribution in [0, 0.1) is 0 Å². The largest absolute Gasteiger partial charge is 0.388 e. The molecule has 6 nitrogen and oxygen atoms in total. The van der Waals surface area contributed by atoms with E-state index in [1.54, 1.807) is 0 Å². The topological polar surface area (TPSA) is 123 Å². The molecular formula is C4H8N2O4. The van der Waals surface area contributed by atoms with Crippen molar-refractivity contribution in [2.75, 3.05) is 6.61 Å². The third-order valence-electron chi connectivity index (χ3n) is 0.287. The molecule has 6 heteroatoms. The van der Waals surface area contributed by atoms with Crippen LogP contribution in [0.2, 0.25) is 0 Å². The number of aldehydes is 1. The predicted molar refractivity (Wildman–Crippen MR) is 31.9 cm³/mol. The maximum absolute atomic E-state index is 9.56. The Morgan fingerprint density at radius 2 is 1.70 bits per heavy atom. The Morgan fingerprint density at radius 1 is 1.40 bits per heavy atom. The van der Waals surface area contributed by atoms with Gasteiger partial charge in [0.1, 0.15) is 6.61 Å². The van der Waals surface area contributed by atoms with Gasteiger partial charge in [-0.05, 0) is 0 Å². The van der Waals surface area contributed by atoms with Crippen LogP contribution < -0.4 is 11.5 Å². The molecule has 0 aliphatic carbocycles. The average Bonchev–Trinajstić information content (AvgIpc) is 1.85. The standard InChI is InChI=1S/C3H4O3.CH4N2O/c4-1-3(6)2-5;2-1(3)4/h1,5H,2H2;(H4,2,3,4). The quantitative estimate of drug-likeness (QED) is 0.303. The monoisotopic (exact) mass is 148 g/mol. The van der Waals surface area contributed by atoms with Gasteiger partial charge >= 0.3 is 6.03 Å². The highest BCUT2D eigenvalue weighted by molar-refractivity contribution is 6.25. The van der Waals surface area contributed by atoms with Crippen LogP contribution in [0.15, 0.2) is 0 Å². The van der Waals surface area contributed by atoms with Crippen molar-refractivity contribution in [2.45, 2.75) is 0 Å². The summed E-state index contributed by atoms with van der Waals surface area (Å²) in [5.74, 6) is -0.782. The normalized spacial score (nSPS) is 6.90. The lowest BCUT2D eigenvalue weighted by Gasteiger charge is -1.71. The van der Waals surface area contributed by atoms with Crippen molar-refractivity contribution < 1.29 is 19.5 Å². The number of hydrogen-bond donors (Lipinski definition) is 3. The Labute approximate surface area is 56.8 Å². The minimum Gasteiger partial charge on any atom is -0.388 e. The van der Waals surface area contributed by atoms with Crippen LogP contribution in [-0.4, -0.2) is 29.8 Å². The number of urea groups is 1. The molecule has 0 heterocycles. The van der Waals surface area contributed by atoms with Crippen molar-refractivity contribution >= 4 is 18.1 Å². The molecule has 0 radical (unpaired) electrons. The number of ketones is 1. The van der Waals surface area contributed by atoms with Crippen molar-refractivity contribution in [3.63, 3.8) is 0 Å². The number of rotatable bonds is 2. The van der Waals surface area contributed by atoms with E-state index < -0.39 is 18.4 Å². The second-order valence-electron chi connectivity index (χ2n) is 1.14. The Morgan fingerprint density at radius 3 is 1.70 bits per heavy atom. The molecule has 0 rings (SSSR count). The van der Waals surface area contributed by atoms with Gasteiger partial charge in [-0.25, -0.2) is 4.79 Å². The SMILES string of the molecule is NC(N)=O.O=CC(=O)CO. The number of nitrogens with two attached hydrogens (primary N) is 2. The first-order valence-electron chi connectivity index (χ1n) is 2.18. The van der Waals surface area contributed by atoms with E-state index >= 15 is 0 Å². The maximum atomic E-state index is 9.56. The first-order chi connectivity index (χ1) is 4.54. The second-order valence-corrected chi connectivity index (χ2v) is 1.14. The maximum Gasteiger partial charge on any atom is 0.309 e. The first kappa shape index (κ1) is 11.4. The number of aliphatic hydroxyl groups excluding tert-OH is 1. The molecule has 0 aromatic heterocycles. The number of hydrogen-bond acceptors (Lipinski definition) is 4. The fraction of sp³-hybridized carbons (Fsp3) is 0.250. The molecule has 0 atom stereocenters. The van der Waals surface area contributed by atoms with Gasteiger partial charge in [0.25, 0.3) is 0 Å². The molecule has 0 saturated carbocycles. The molecule has 0 aliphatic rings. The van der Waals surface area contributed by atoms with Crippen LogP contribution >= 0.6 is 0 Å². The molecule has 0 bridgehead atoms. The van der Waals surface area contributed by atoms with Crippen LogP contribution in [0.1, 0.15) is 0 Å². The number of primary amides is 2. The van der Waals surface area contributed by atoms with Crippen LogP contribution in [0.3, 0.4) is 0 Å². The minimum atomic E-state index is -0.833. The van der Waals surface area contributed by atoms with Crippen molar-refractivity contribution in [1.29, 1.82) is 0 Å². The molecule has 0 aliphatic heterocycles. The lowest BCUT2D eigenvalue weighted by molar-refractivity contribution is -0.131. The Balaban J connectivity index is 0. The Hall–Kier alpha value is -1.43. The highest BCUT2D eigenvalue weighted by Crippen LogP contribution is 1.53. The van der Waals surface area contributed by atoms with E-state index in [-0.39, 0.29) is 6.29 Å². The van der Waals surface area contributed by atoms with E-state index in [1.165, 1.54) is 0 Å². The van der Waals surface area contributed by atoms with Gasteiger partial charge in [0.15, 0.2) is 6.29 Å². The average molecular weight is 148 g/mol. The van der Waals surface area contributed by atoms with Gasteiger partial charge in [0.05, 0.1) is 0 Å². The van der Waals surface area contributed by atoms with E-state index in [1.807, 2.05) is 0 Å². The van der Waals surface area contributed by atoms with E-state index in [0.717, 1.165) is 0 Å². The van der Waals surface area contributed by atoms with Crippen molar-refractivity contribution in [3.8, 4) is 0 Å². The number of Topliss-reactive ketones (excluding diaryl/α,β-unsaturated/α-hetero) is 1. The third kappa shape index (κ3) is 30.9. The van der Waals surface area contributed by atoms with Crippen molar-refractivity contribution in [3.05, 3.63) is 0 Å². The molecule has 0 saturated heterocycles. The van der Waals surface area contributed by atoms with Crippen molar-refractivity contribution in [2.24, 2.45) is 11.5 Å². The summed E-state index contributed by atoms with van der Waals surface area (Å²) in [6.45, 7) is -0.677. The smallest absolute Gasteiger partial charge is 0.309 e. The summed E-state index contributed by atoms with van der Waals surface area (Å²) in [4.78, 5) is 27.8. The number of amides is 2. The summed E-state index contributed by atoms with van der Waals surface area (Å²) >= 11 is 0. The molecule has 5 N–H and O–H groups in total. The highest BCUT2D eigenvalue weighted by Gasteiger charge is 1.88. The van der Waals surface area contributed by atoms with E-state index in [9.17, 15) is 9.59 Å². The summed E-state index contributed by atoms with van der Waals surface area (Å²) in [6.07, 6.45) is 0.0833. The lowest BCUT2D eigenvalue weighted by Crippen LogP contribution is -2.18. The zero-order chi connectivity index (χ0) is 8.57. The Bertz CT molecular complexity index is 129. The Kier molecular flexibility index (Phi) is 8.61. The third-order valence-corrected chi connectivity index (χ3v) is 0.287. The van der Waals surface area contributed by atoms with Gasteiger partial charge in [-0.3, -0.25) is 9.59 Å². The second kappa shape index (κ2) is 7.57. The van der Waals surface area contributed by atoms with E-state index in [2.05, 4.69) is 11.5 Å². The van der Waals surface area contributed by atoms with E-state index in [0.29, 0.717) is 0 Å². The summed E-state index contributed by atoms with van der Waals surface area (Å²) in [6, 6.07) is -0.833. The van der Waals surface area contributed by atoms with Gasteiger partial charge in [0.2, 0.25) is 5.78 Å². The molecule has 0 spiro atoms. The fourth-order valence-corrected chi connectivity index (χ4v) is 0.0373. The van der Waals surface area contributed by atoms with Crippen molar-refractivity contribution in [1.82, 2.24) is 0 Å². The van der Waals surface area contributed by atoms with Crippen LogP contribution in [-0.2, 0) is 9.59 Å². The van der Waals surface area contributed by atoms with Crippen LogP contribution in [0.5, 0.6) is 0 Å². The lowest BCUT2D eigenvalue weighted by atomic mass is 10.5. The molecular weight excluding hydrogens is 140 g/mol. The van der Waals surface area contributed by atoms with Gasteiger partial charge in [0, 0.05) is 0 Å². The minimum absolute atomic E-state index is 0.0833. The van der Waals surface area contributed by atoms with Gasteiger partial charge in [-0.2, -0.15) is 0 Å². The molecule has 58 valence electrons. The number of carbonyl (C=O) groups excluding carboxylic acids is 3. The van der Waals surface area contributed by atoms with Gasteiger partial charge in [-0.15, -0.1) is 0 Å². The zero-order valence-electron chi connectivity index (χ0n) is 5.11. The fourth-order valence-electron chi connectivity index (χ4n) is 0.0373. The van der Waals surface area contributed by atoms with Crippen LogP contribution in [0.4, 0.5) is 4.79 Å². The summed E-state index contributed by atoms with van der Waals surface area (Å²) < 4.78 is 0. The highest BCUT2D eigenvalue weighted by atomic mass is 16.3. The summed E-state index contributed by atoms with van der Waals surface area (Å²) in [7, 11) is 0.